The lowest BCUT2D eigenvalue weighted by atomic mass is 9.97. The lowest BCUT2D eigenvalue weighted by molar-refractivity contribution is 0.163. The monoisotopic (exact) mass is 358 g/mol. The number of fused-ring (bicyclic) bond motifs is 1. The highest BCUT2D eigenvalue weighted by Crippen LogP contribution is 2.19. The van der Waals surface area contributed by atoms with Gasteiger partial charge in [-0.1, -0.05) is 11.6 Å². The average molecular weight is 358 g/mol. The van der Waals surface area contributed by atoms with Crippen LogP contribution in [-0.4, -0.2) is 53.8 Å². The van der Waals surface area contributed by atoms with E-state index in [4.69, 9.17) is 0 Å². The van der Waals surface area contributed by atoms with Crippen LogP contribution >= 0.6 is 0 Å². The largest absolute Gasteiger partial charge is 0.331 e. The minimum atomic E-state index is -0.00447. The molecule has 9 nitrogen and oxygen atoms in total. The summed E-state index contributed by atoms with van der Waals surface area (Å²) in [6.45, 7) is 3.85. The molecule has 0 saturated carbocycles. The summed E-state index contributed by atoms with van der Waals surface area (Å²) in [6, 6.07) is -0.00447. The van der Waals surface area contributed by atoms with Gasteiger partial charge in [-0.3, -0.25) is 4.68 Å². The van der Waals surface area contributed by atoms with Gasteiger partial charge in [-0.15, -0.1) is 15.3 Å². The normalized spacial score (nSPS) is 18.4. The van der Waals surface area contributed by atoms with Crippen molar-refractivity contribution < 1.29 is 4.79 Å². The summed E-state index contributed by atoms with van der Waals surface area (Å²) >= 11 is 0. The zero-order valence-electron chi connectivity index (χ0n) is 15.0. The third kappa shape index (κ3) is 3.86. The SMILES string of the molecule is O=C(NCc1nnc2n1CCCCC2)N1CCC(Cn2ccnn2)CC1. The van der Waals surface area contributed by atoms with Gasteiger partial charge >= 0.3 is 6.03 Å². The number of aromatic nitrogens is 6. The van der Waals surface area contributed by atoms with Gasteiger partial charge in [0.1, 0.15) is 5.82 Å². The molecule has 0 unspecified atom stereocenters. The second-order valence-corrected chi connectivity index (χ2v) is 7.21. The Labute approximate surface area is 152 Å². The van der Waals surface area contributed by atoms with Crippen LogP contribution < -0.4 is 5.32 Å². The van der Waals surface area contributed by atoms with Crippen molar-refractivity contribution in [3.8, 4) is 0 Å². The molecule has 0 atom stereocenters. The lowest BCUT2D eigenvalue weighted by Crippen LogP contribution is -2.45. The number of nitrogens with zero attached hydrogens (tertiary/aromatic N) is 7. The summed E-state index contributed by atoms with van der Waals surface area (Å²) in [7, 11) is 0. The average Bonchev–Trinajstić information content (AvgIpc) is 3.24. The summed E-state index contributed by atoms with van der Waals surface area (Å²) in [5.41, 5.74) is 0. The first-order chi connectivity index (χ1) is 12.8. The molecule has 0 aromatic carbocycles. The lowest BCUT2D eigenvalue weighted by Gasteiger charge is -2.31. The van der Waals surface area contributed by atoms with Gasteiger partial charge in [0, 0.05) is 38.8 Å². The van der Waals surface area contributed by atoms with Gasteiger partial charge < -0.3 is 14.8 Å². The summed E-state index contributed by atoms with van der Waals surface area (Å²) < 4.78 is 4.05. The Balaban J connectivity index is 1.25. The second kappa shape index (κ2) is 7.84. The smallest absolute Gasteiger partial charge is 0.317 e. The summed E-state index contributed by atoms with van der Waals surface area (Å²) in [5, 5.41) is 19.4. The van der Waals surface area contributed by atoms with Crippen LogP contribution in [0.3, 0.4) is 0 Å². The summed E-state index contributed by atoms with van der Waals surface area (Å²) in [4.78, 5) is 14.4. The van der Waals surface area contributed by atoms with Crippen LogP contribution in [-0.2, 0) is 26.1 Å². The molecule has 140 valence electrons. The highest BCUT2D eigenvalue weighted by Gasteiger charge is 2.23. The van der Waals surface area contributed by atoms with Crippen molar-refractivity contribution in [1.29, 1.82) is 0 Å². The van der Waals surface area contributed by atoms with Gasteiger partial charge in [0.25, 0.3) is 0 Å². The number of hydrogen-bond acceptors (Lipinski definition) is 5. The molecular formula is C17H26N8O. The van der Waals surface area contributed by atoms with Gasteiger partial charge in [-0.25, -0.2) is 4.79 Å². The first-order valence-electron chi connectivity index (χ1n) is 9.57. The van der Waals surface area contributed by atoms with E-state index in [1.165, 1.54) is 12.8 Å². The van der Waals surface area contributed by atoms with Crippen molar-refractivity contribution in [3.63, 3.8) is 0 Å². The zero-order chi connectivity index (χ0) is 17.8. The standard InChI is InChI=1S/C17H26N8O/c26-17(18-12-16-21-20-15-4-2-1-3-8-25(15)16)23-9-5-14(6-10-23)13-24-11-7-19-22-24/h7,11,14H,1-6,8-10,12-13H2,(H,18,26). The number of carbonyl (C=O) groups is 1. The second-order valence-electron chi connectivity index (χ2n) is 7.21. The predicted octanol–water partition coefficient (Wildman–Crippen LogP) is 1.22. The fourth-order valence-corrected chi connectivity index (χ4v) is 3.86. The number of carbonyl (C=O) groups excluding carboxylic acids is 1. The number of likely N-dealkylation sites (tertiary alicyclic amines) is 1. The molecular weight excluding hydrogens is 332 g/mol. The molecule has 1 saturated heterocycles. The molecule has 2 aliphatic rings. The van der Waals surface area contributed by atoms with E-state index in [1.807, 2.05) is 15.8 Å². The van der Waals surface area contributed by atoms with Crippen LogP contribution in [0.2, 0.25) is 0 Å². The van der Waals surface area contributed by atoms with Crippen molar-refractivity contribution in [2.75, 3.05) is 13.1 Å². The molecule has 4 rings (SSSR count). The third-order valence-corrected chi connectivity index (χ3v) is 5.40. The van der Waals surface area contributed by atoms with Crippen molar-refractivity contribution in [2.24, 2.45) is 5.92 Å². The number of aryl methyl sites for hydroxylation is 1. The Hall–Kier alpha value is -2.45. The van der Waals surface area contributed by atoms with Crippen LogP contribution in [0.5, 0.6) is 0 Å². The summed E-state index contributed by atoms with van der Waals surface area (Å²) in [6.07, 6.45) is 10.1. The molecule has 26 heavy (non-hydrogen) atoms. The van der Waals surface area contributed by atoms with Gasteiger partial charge in [-0.05, 0) is 31.6 Å². The van der Waals surface area contributed by atoms with Crippen molar-refractivity contribution >= 4 is 6.03 Å². The fraction of sp³-hybridized carbons (Fsp3) is 0.706. The number of nitrogens with one attached hydrogen (secondary N) is 1. The van der Waals surface area contributed by atoms with E-state index in [-0.39, 0.29) is 6.03 Å². The predicted molar refractivity (Wildman–Crippen MR) is 94.1 cm³/mol. The van der Waals surface area contributed by atoms with E-state index in [1.54, 1.807) is 6.20 Å². The number of rotatable bonds is 4. The minimum Gasteiger partial charge on any atom is -0.331 e. The van der Waals surface area contributed by atoms with E-state index >= 15 is 0 Å². The van der Waals surface area contributed by atoms with E-state index < -0.39 is 0 Å². The van der Waals surface area contributed by atoms with Crippen molar-refractivity contribution in [3.05, 3.63) is 24.0 Å². The first kappa shape index (κ1) is 17.0. The third-order valence-electron chi connectivity index (χ3n) is 5.40. The van der Waals surface area contributed by atoms with Gasteiger partial charge in [0.05, 0.1) is 12.7 Å². The molecule has 0 bridgehead atoms. The molecule has 2 aliphatic heterocycles. The van der Waals surface area contributed by atoms with Crippen LogP contribution in [0.4, 0.5) is 4.79 Å². The molecule has 2 aromatic heterocycles. The molecule has 0 aliphatic carbocycles. The molecule has 2 aromatic rings. The Morgan fingerprint density at radius 1 is 1.15 bits per heavy atom. The highest BCUT2D eigenvalue weighted by atomic mass is 16.2. The van der Waals surface area contributed by atoms with Gasteiger partial charge in [0.15, 0.2) is 5.82 Å². The number of piperidine rings is 1. The van der Waals surface area contributed by atoms with Crippen LogP contribution in [0, 0.1) is 5.92 Å². The number of urea groups is 1. The maximum absolute atomic E-state index is 12.5. The molecule has 1 fully saturated rings. The zero-order valence-corrected chi connectivity index (χ0v) is 15.0. The maximum atomic E-state index is 12.5. The first-order valence-corrected chi connectivity index (χ1v) is 9.57. The van der Waals surface area contributed by atoms with Gasteiger partial charge in [-0.2, -0.15) is 0 Å². The molecule has 1 N–H and O–H groups in total. The van der Waals surface area contributed by atoms with E-state index in [0.717, 1.165) is 63.5 Å². The fourth-order valence-electron chi connectivity index (χ4n) is 3.86. The molecule has 0 spiro atoms. The quantitative estimate of drug-likeness (QED) is 0.887. The molecule has 2 amide bonds. The highest BCUT2D eigenvalue weighted by molar-refractivity contribution is 5.74. The Morgan fingerprint density at radius 2 is 2.04 bits per heavy atom. The summed E-state index contributed by atoms with van der Waals surface area (Å²) in [5.74, 6) is 2.48. The van der Waals surface area contributed by atoms with E-state index in [9.17, 15) is 4.79 Å². The Kier molecular flexibility index (Phi) is 5.12. The van der Waals surface area contributed by atoms with Crippen LogP contribution in [0.15, 0.2) is 12.4 Å². The van der Waals surface area contributed by atoms with Crippen molar-refractivity contribution in [2.45, 2.75) is 58.2 Å². The molecule has 9 heteroatoms. The van der Waals surface area contributed by atoms with Crippen LogP contribution in [0.25, 0.3) is 0 Å². The molecule has 0 radical (unpaired) electrons. The Morgan fingerprint density at radius 3 is 2.85 bits per heavy atom. The van der Waals surface area contributed by atoms with Crippen LogP contribution in [0.1, 0.15) is 43.8 Å². The Bertz CT molecular complexity index is 717. The molecule has 4 heterocycles. The maximum Gasteiger partial charge on any atom is 0.317 e. The topological polar surface area (TPSA) is 93.8 Å². The van der Waals surface area contributed by atoms with Crippen molar-refractivity contribution in [1.82, 2.24) is 40.0 Å². The number of amides is 2. The van der Waals surface area contributed by atoms with E-state index in [2.05, 4.69) is 30.4 Å². The van der Waals surface area contributed by atoms with Gasteiger partial charge in [0.2, 0.25) is 0 Å². The van der Waals surface area contributed by atoms with E-state index in [0.29, 0.717) is 12.5 Å². The number of hydrogen-bond donors (Lipinski definition) is 1. The minimum absolute atomic E-state index is 0.00447.